The molecule has 5 nitrogen and oxygen atoms in total. The molecule has 0 radical (unpaired) electrons. The summed E-state index contributed by atoms with van der Waals surface area (Å²) in [4.78, 5) is 17.4. The van der Waals surface area contributed by atoms with Crippen LogP contribution in [0.3, 0.4) is 0 Å². The molecule has 0 spiro atoms. The molecule has 0 aliphatic heterocycles. The first kappa shape index (κ1) is 19.8. The number of carbonyl (C=O) groups excluding carboxylic acids is 1. The summed E-state index contributed by atoms with van der Waals surface area (Å²) in [6.45, 7) is 0. The number of hydrogen-bond donors (Lipinski definition) is 1. The van der Waals surface area contributed by atoms with Gasteiger partial charge in [0, 0.05) is 18.2 Å². The number of thiazole rings is 1. The minimum Gasteiger partial charge on any atom is -0.310 e. The van der Waals surface area contributed by atoms with E-state index in [-0.39, 0.29) is 0 Å². The second kappa shape index (κ2) is 7.75. The molecular formula is C21H15F3N4OS. The van der Waals surface area contributed by atoms with Crippen molar-refractivity contribution in [1.29, 1.82) is 0 Å². The average Bonchev–Trinajstić information content (AvgIpc) is 3.33. The molecule has 1 amide bonds. The molecule has 9 heteroatoms. The van der Waals surface area contributed by atoms with Gasteiger partial charge in [-0.25, -0.2) is 4.98 Å². The zero-order valence-corrected chi connectivity index (χ0v) is 16.5. The fourth-order valence-electron chi connectivity index (χ4n) is 2.98. The molecule has 0 saturated heterocycles. The summed E-state index contributed by atoms with van der Waals surface area (Å²) in [5.41, 5.74) is 0.431. The summed E-state index contributed by atoms with van der Waals surface area (Å²) in [5, 5.41) is 7.22. The van der Waals surface area contributed by atoms with Crippen molar-refractivity contribution in [3.05, 3.63) is 78.1 Å². The molecule has 2 aromatic carbocycles. The van der Waals surface area contributed by atoms with Crippen LogP contribution in [0.15, 0.2) is 66.9 Å². The van der Waals surface area contributed by atoms with Crippen LogP contribution >= 0.6 is 11.3 Å². The van der Waals surface area contributed by atoms with E-state index in [1.165, 1.54) is 18.4 Å². The molecule has 4 aromatic rings. The number of amides is 1. The predicted octanol–water partition coefficient (Wildman–Crippen LogP) is 5.48. The van der Waals surface area contributed by atoms with E-state index in [4.69, 9.17) is 0 Å². The van der Waals surface area contributed by atoms with E-state index in [1.807, 2.05) is 60.7 Å². The van der Waals surface area contributed by atoms with Crippen molar-refractivity contribution in [2.45, 2.75) is 6.18 Å². The van der Waals surface area contributed by atoms with Crippen LogP contribution in [0, 0.1) is 0 Å². The zero-order chi connectivity index (χ0) is 21.3. The molecule has 152 valence electrons. The topological polar surface area (TPSA) is 59.8 Å². The largest absolute Gasteiger partial charge is 0.420 e. The average molecular weight is 428 g/mol. The number of hydrogen-bond acceptors (Lipinski definition) is 4. The van der Waals surface area contributed by atoms with Gasteiger partial charge >= 0.3 is 6.18 Å². The first-order valence-electron chi connectivity index (χ1n) is 8.87. The smallest absolute Gasteiger partial charge is 0.310 e. The maximum Gasteiger partial charge on any atom is 0.420 e. The third kappa shape index (κ3) is 3.84. The third-order valence-electron chi connectivity index (χ3n) is 4.38. The molecule has 0 unspecified atom stereocenters. The number of nitrogens with one attached hydrogen (secondary N) is 1. The lowest BCUT2D eigenvalue weighted by Gasteiger charge is -2.09. The van der Waals surface area contributed by atoms with Crippen LogP contribution in [-0.2, 0) is 13.2 Å². The first-order chi connectivity index (χ1) is 14.3. The van der Waals surface area contributed by atoms with E-state index in [2.05, 4.69) is 15.4 Å². The minimum atomic E-state index is -4.69. The van der Waals surface area contributed by atoms with E-state index in [1.54, 1.807) is 0 Å². The number of benzene rings is 2. The fraction of sp³-hybridized carbons (Fsp3) is 0.0952. The number of carbonyl (C=O) groups is 1. The van der Waals surface area contributed by atoms with Gasteiger partial charge in [0.1, 0.15) is 27.0 Å². The van der Waals surface area contributed by atoms with Crippen molar-refractivity contribution < 1.29 is 18.0 Å². The lowest BCUT2D eigenvalue weighted by molar-refractivity contribution is -0.138. The summed E-state index contributed by atoms with van der Waals surface area (Å²) < 4.78 is 40.8. The normalized spacial score (nSPS) is 11.5. The number of halogens is 3. The Labute approximate surface area is 173 Å². The Morgan fingerprint density at radius 3 is 2.20 bits per heavy atom. The summed E-state index contributed by atoms with van der Waals surface area (Å²) >= 11 is 1.20. The molecule has 0 fully saturated rings. The molecule has 2 aromatic heterocycles. The number of aromatic nitrogens is 3. The molecule has 2 heterocycles. The Kier molecular flexibility index (Phi) is 5.13. The van der Waals surface area contributed by atoms with Crippen molar-refractivity contribution in [1.82, 2.24) is 14.8 Å². The van der Waals surface area contributed by atoms with Gasteiger partial charge in [-0.15, -0.1) is 0 Å². The van der Waals surface area contributed by atoms with Crippen LogP contribution in [0.4, 0.5) is 18.2 Å². The third-order valence-corrected chi connectivity index (χ3v) is 5.40. The van der Waals surface area contributed by atoms with Crippen molar-refractivity contribution >= 4 is 22.2 Å². The van der Waals surface area contributed by atoms with E-state index < -0.39 is 23.3 Å². The highest BCUT2D eigenvalue weighted by atomic mass is 32.1. The molecular weight excluding hydrogens is 413 g/mol. The van der Waals surface area contributed by atoms with E-state index >= 15 is 0 Å². The van der Waals surface area contributed by atoms with Crippen molar-refractivity contribution in [2.24, 2.45) is 7.05 Å². The van der Waals surface area contributed by atoms with Gasteiger partial charge in [0.05, 0.1) is 6.20 Å². The monoisotopic (exact) mass is 428 g/mol. The van der Waals surface area contributed by atoms with E-state index in [0.29, 0.717) is 21.9 Å². The first-order valence-corrected chi connectivity index (χ1v) is 9.68. The number of anilines is 1. The van der Waals surface area contributed by atoms with E-state index in [9.17, 15) is 18.0 Å². The molecule has 0 aliphatic rings. The molecule has 0 bridgehead atoms. The van der Waals surface area contributed by atoms with Gasteiger partial charge in [-0.1, -0.05) is 72.0 Å². The molecule has 0 saturated carbocycles. The SMILES string of the molecule is Cn1ncc(C(F)(F)F)c1C(=O)Nc1sc(-c2ccccc2)nc1-c1ccccc1. The lowest BCUT2D eigenvalue weighted by atomic mass is 10.1. The Morgan fingerprint density at radius 1 is 1.00 bits per heavy atom. The van der Waals surface area contributed by atoms with Crippen LogP contribution in [0.2, 0.25) is 0 Å². The number of rotatable bonds is 4. The van der Waals surface area contributed by atoms with Gasteiger partial charge < -0.3 is 5.32 Å². The number of aryl methyl sites for hydroxylation is 1. The fourth-order valence-corrected chi connectivity index (χ4v) is 3.97. The number of nitrogens with zero attached hydrogens (tertiary/aromatic N) is 3. The molecule has 1 N–H and O–H groups in total. The van der Waals surface area contributed by atoms with Gasteiger partial charge in [0.25, 0.3) is 5.91 Å². The Hall–Kier alpha value is -3.46. The molecule has 4 rings (SSSR count). The van der Waals surface area contributed by atoms with Gasteiger partial charge in [-0.05, 0) is 0 Å². The second-order valence-corrected chi connectivity index (χ2v) is 7.41. The van der Waals surface area contributed by atoms with Gasteiger partial charge in [-0.2, -0.15) is 18.3 Å². The molecule has 0 atom stereocenters. The van der Waals surface area contributed by atoms with Crippen LogP contribution in [0.1, 0.15) is 16.1 Å². The lowest BCUT2D eigenvalue weighted by Crippen LogP contribution is -2.20. The predicted molar refractivity (Wildman–Crippen MR) is 109 cm³/mol. The molecule has 30 heavy (non-hydrogen) atoms. The Balaban J connectivity index is 1.77. The maximum absolute atomic E-state index is 13.3. The Morgan fingerprint density at radius 2 is 1.60 bits per heavy atom. The summed E-state index contributed by atoms with van der Waals surface area (Å²) in [7, 11) is 1.30. The van der Waals surface area contributed by atoms with Gasteiger partial charge in [0.15, 0.2) is 0 Å². The second-order valence-electron chi connectivity index (χ2n) is 6.41. The summed E-state index contributed by atoms with van der Waals surface area (Å²) in [6.07, 6.45) is -4.04. The highest BCUT2D eigenvalue weighted by Crippen LogP contribution is 2.39. The Bertz CT molecular complexity index is 1180. The van der Waals surface area contributed by atoms with Crippen molar-refractivity contribution in [2.75, 3.05) is 5.32 Å². The van der Waals surface area contributed by atoms with Crippen LogP contribution in [0.25, 0.3) is 21.8 Å². The zero-order valence-electron chi connectivity index (χ0n) is 15.6. The van der Waals surface area contributed by atoms with Gasteiger partial charge in [-0.3, -0.25) is 9.48 Å². The molecule has 0 aliphatic carbocycles. The minimum absolute atomic E-state index is 0.361. The van der Waals surface area contributed by atoms with Gasteiger partial charge in [0.2, 0.25) is 0 Å². The van der Waals surface area contributed by atoms with Crippen LogP contribution in [0.5, 0.6) is 0 Å². The van der Waals surface area contributed by atoms with E-state index in [0.717, 1.165) is 15.8 Å². The number of alkyl halides is 3. The van der Waals surface area contributed by atoms with Crippen LogP contribution < -0.4 is 5.32 Å². The quantitative estimate of drug-likeness (QED) is 0.468. The highest BCUT2D eigenvalue weighted by Gasteiger charge is 2.38. The standard InChI is InChI=1S/C21H15F3N4OS/c1-28-17(15(12-25-28)21(22,23)24)18(29)27-20-16(13-8-4-2-5-9-13)26-19(30-20)14-10-6-3-7-11-14/h2-12H,1H3,(H,27,29). The summed E-state index contributed by atoms with van der Waals surface area (Å²) in [5.74, 6) is -0.900. The maximum atomic E-state index is 13.3. The highest BCUT2D eigenvalue weighted by molar-refractivity contribution is 7.19. The van der Waals surface area contributed by atoms with Crippen molar-refractivity contribution in [3.8, 4) is 21.8 Å². The summed E-state index contributed by atoms with van der Waals surface area (Å²) in [6, 6.07) is 18.5. The van der Waals surface area contributed by atoms with Crippen molar-refractivity contribution in [3.63, 3.8) is 0 Å². The van der Waals surface area contributed by atoms with Crippen LogP contribution in [-0.4, -0.2) is 20.7 Å².